The highest BCUT2D eigenvalue weighted by Gasteiger charge is 2.32. The van der Waals surface area contributed by atoms with Crippen LogP contribution in [0.4, 0.5) is 0 Å². The summed E-state index contributed by atoms with van der Waals surface area (Å²) in [4.78, 5) is 4.55. The normalized spacial score (nSPS) is 15.5. The summed E-state index contributed by atoms with van der Waals surface area (Å²) < 4.78 is 2.45. The van der Waals surface area contributed by atoms with Crippen LogP contribution in [0.25, 0.3) is 60.9 Å². The minimum atomic E-state index is 0.157. The van der Waals surface area contributed by atoms with Crippen molar-refractivity contribution >= 4 is 21.8 Å². The Balaban J connectivity index is 1.06. The van der Waals surface area contributed by atoms with Gasteiger partial charge in [0.15, 0.2) is 0 Å². The van der Waals surface area contributed by atoms with E-state index in [1.54, 1.807) is 0 Å². The number of para-hydroxylation sites is 1. The molecule has 2 aliphatic carbocycles. The summed E-state index contributed by atoms with van der Waals surface area (Å²) in [6, 6.07) is 62.8. The first kappa shape index (κ1) is 28.3. The average Bonchev–Trinajstić information content (AvgIpc) is 3.83. The van der Waals surface area contributed by atoms with Crippen molar-refractivity contribution in [3.63, 3.8) is 0 Å². The van der Waals surface area contributed by atoms with E-state index in [1.165, 1.54) is 94.3 Å². The van der Waals surface area contributed by atoms with Crippen molar-refractivity contribution < 1.29 is 0 Å². The fraction of sp³-hybridized carbons (Fsp3) is 0.0408. The van der Waals surface area contributed by atoms with Crippen LogP contribution >= 0.6 is 0 Å². The zero-order chi connectivity index (χ0) is 33.5. The second-order valence-electron chi connectivity index (χ2n) is 13.9. The first-order chi connectivity index (χ1) is 25.3. The third kappa shape index (κ3) is 4.20. The van der Waals surface area contributed by atoms with Gasteiger partial charge < -0.3 is 4.57 Å². The molecular weight excluding hydrogens is 617 g/mol. The van der Waals surface area contributed by atoms with E-state index >= 15 is 0 Å². The van der Waals surface area contributed by atoms with Gasteiger partial charge in [-0.1, -0.05) is 127 Å². The Bertz CT molecular complexity index is 2780. The fourth-order valence-electron chi connectivity index (χ4n) is 9.07. The molecule has 51 heavy (non-hydrogen) atoms. The van der Waals surface area contributed by atoms with Crippen LogP contribution in [0.15, 0.2) is 182 Å². The molecule has 2 heteroatoms. The zero-order valence-corrected chi connectivity index (χ0v) is 27.9. The minimum absolute atomic E-state index is 0.157. The molecule has 2 atom stereocenters. The molecule has 0 aliphatic heterocycles. The van der Waals surface area contributed by atoms with Gasteiger partial charge in [0.2, 0.25) is 0 Å². The van der Waals surface area contributed by atoms with E-state index in [-0.39, 0.29) is 11.8 Å². The monoisotopic (exact) mass is 648 g/mol. The van der Waals surface area contributed by atoms with Gasteiger partial charge in [-0.05, 0) is 109 Å². The van der Waals surface area contributed by atoms with Gasteiger partial charge in [-0.3, -0.25) is 4.98 Å². The van der Waals surface area contributed by atoms with E-state index in [0.717, 1.165) is 0 Å². The second kappa shape index (κ2) is 11.0. The van der Waals surface area contributed by atoms with E-state index in [2.05, 4.69) is 186 Å². The molecule has 2 aromatic heterocycles. The molecule has 0 saturated heterocycles. The van der Waals surface area contributed by atoms with Gasteiger partial charge in [0.1, 0.15) is 0 Å². The molecule has 1 unspecified atom stereocenters. The summed E-state index contributed by atoms with van der Waals surface area (Å²) in [5.74, 6) is 0.321. The summed E-state index contributed by atoms with van der Waals surface area (Å²) in [5, 5.41) is 2.54. The van der Waals surface area contributed by atoms with Crippen molar-refractivity contribution in [2.45, 2.75) is 11.8 Å². The summed E-state index contributed by atoms with van der Waals surface area (Å²) in [6.07, 6.45) is 3.97. The van der Waals surface area contributed by atoms with Crippen LogP contribution in [-0.4, -0.2) is 9.55 Å². The molecular formula is C49H32N2. The lowest BCUT2D eigenvalue weighted by Gasteiger charge is -2.17. The lowest BCUT2D eigenvalue weighted by atomic mass is 9.88. The Labute approximate surface area is 296 Å². The van der Waals surface area contributed by atoms with Crippen molar-refractivity contribution in [3.8, 4) is 39.1 Å². The summed E-state index contributed by atoms with van der Waals surface area (Å²) in [7, 11) is 0. The van der Waals surface area contributed by atoms with Crippen LogP contribution in [0.2, 0.25) is 0 Å². The number of rotatable bonds is 4. The molecule has 0 fully saturated rings. The maximum Gasteiger partial charge on any atom is 0.0541 e. The van der Waals surface area contributed by atoms with Crippen molar-refractivity contribution in [1.29, 1.82) is 0 Å². The van der Waals surface area contributed by atoms with Gasteiger partial charge in [0.05, 0.1) is 11.0 Å². The highest BCUT2D eigenvalue weighted by atomic mass is 15.0. The predicted octanol–water partition coefficient (Wildman–Crippen LogP) is 12.2. The Morgan fingerprint density at radius 3 is 1.92 bits per heavy atom. The van der Waals surface area contributed by atoms with Gasteiger partial charge in [-0.15, -0.1) is 0 Å². The molecule has 0 amide bonds. The largest absolute Gasteiger partial charge is 0.309 e. The Hall–Kier alpha value is -6.51. The lowest BCUT2D eigenvalue weighted by Crippen LogP contribution is -2.02. The van der Waals surface area contributed by atoms with Crippen LogP contribution < -0.4 is 0 Å². The summed E-state index contributed by atoms with van der Waals surface area (Å²) in [6.45, 7) is 0. The number of benzene rings is 7. The van der Waals surface area contributed by atoms with Crippen LogP contribution in [0.3, 0.4) is 0 Å². The van der Waals surface area contributed by atoms with E-state index in [1.807, 2.05) is 6.20 Å². The van der Waals surface area contributed by atoms with Gasteiger partial charge in [-0.2, -0.15) is 0 Å². The molecule has 0 bridgehead atoms. The molecule has 238 valence electrons. The van der Waals surface area contributed by atoms with Crippen molar-refractivity contribution in [2.24, 2.45) is 0 Å². The highest BCUT2D eigenvalue weighted by molar-refractivity contribution is 6.09. The van der Waals surface area contributed by atoms with E-state index in [4.69, 9.17) is 0 Å². The van der Waals surface area contributed by atoms with Crippen LogP contribution in [0, 0.1) is 0 Å². The number of hydrogen-bond donors (Lipinski definition) is 0. The first-order valence-corrected chi connectivity index (χ1v) is 17.8. The number of aromatic nitrogens is 2. The third-order valence-electron chi connectivity index (χ3n) is 11.2. The number of pyridine rings is 1. The maximum atomic E-state index is 4.55. The Morgan fingerprint density at radius 2 is 1.06 bits per heavy atom. The zero-order valence-electron chi connectivity index (χ0n) is 27.9. The van der Waals surface area contributed by atoms with Crippen molar-refractivity contribution in [1.82, 2.24) is 9.55 Å². The van der Waals surface area contributed by atoms with Gasteiger partial charge in [0, 0.05) is 40.7 Å². The van der Waals surface area contributed by atoms with Crippen molar-refractivity contribution in [3.05, 3.63) is 216 Å². The van der Waals surface area contributed by atoms with E-state index in [0.29, 0.717) is 0 Å². The van der Waals surface area contributed by atoms with Crippen LogP contribution in [-0.2, 0) is 0 Å². The molecule has 2 heterocycles. The maximum absolute atomic E-state index is 4.55. The molecule has 0 spiro atoms. The van der Waals surface area contributed by atoms with E-state index in [9.17, 15) is 0 Å². The average molecular weight is 649 g/mol. The Kier molecular flexibility index (Phi) is 6.11. The SMILES string of the molecule is c1ccc(-c2ccc3c(c2)-c2ccccc2C3c2cccc(-n3c4ccccc4c4cc([C@H]5c6ccccc6-c6ccncc65)ccc43)c2)cc1. The topological polar surface area (TPSA) is 17.8 Å². The van der Waals surface area contributed by atoms with Gasteiger partial charge in [0.25, 0.3) is 0 Å². The standard InChI is InChI=1S/C49H32N2/c1-2-11-31(12-3-1)32-21-23-42-43(28-32)37-16-5-7-19-41(37)48(42)33-13-10-14-35(27-33)51-46-20-9-8-17-39(46)44-29-34(22-24-47(44)51)49-40-18-6-4-15-36(40)38-25-26-50-30-45(38)49/h1-30,48-49H/t48?,49-/m0/s1. The predicted molar refractivity (Wildman–Crippen MR) is 210 cm³/mol. The minimum Gasteiger partial charge on any atom is -0.309 e. The third-order valence-corrected chi connectivity index (χ3v) is 11.2. The Morgan fingerprint density at radius 1 is 0.392 bits per heavy atom. The quantitative estimate of drug-likeness (QED) is 0.186. The van der Waals surface area contributed by atoms with Crippen LogP contribution in [0.1, 0.15) is 45.2 Å². The molecule has 9 aromatic rings. The van der Waals surface area contributed by atoms with Crippen molar-refractivity contribution in [2.75, 3.05) is 0 Å². The molecule has 0 saturated carbocycles. The molecule has 11 rings (SSSR count). The highest BCUT2D eigenvalue weighted by Crippen LogP contribution is 2.50. The second-order valence-corrected chi connectivity index (χ2v) is 13.9. The molecule has 0 radical (unpaired) electrons. The first-order valence-electron chi connectivity index (χ1n) is 17.8. The smallest absolute Gasteiger partial charge is 0.0541 e. The molecule has 2 aliphatic rings. The van der Waals surface area contributed by atoms with E-state index < -0.39 is 0 Å². The number of fused-ring (bicyclic) bond motifs is 9. The number of nitrogens with zero attached hydrogens (tertiary/aromatic N) is 2. The molecule has 7 aromatic carbocycles. The lowest BCUT2D eigenvalue weighted by molar-refractivity contribution is 1.00. The summed E-state index contributed by atoms with van der Waals surface area (Å²) in [5.41, 5.74) is 19.3. The molecule has 2 nitrogen and oxygen atoms in total. The van der Waals surface area contributed by atoms with Gasteiger partial charge in [-0.25, -0.2) is 0 Å². The molecule has 0 N–H and O–H groups in total. The number of hydrogen-bond acceptors (Lipinski definition) is 1. The fourth-order valence-corrected chi connectivity index (χ4v) is 9.07. The van der Waals surface area contributed by atoms with Gasteiger partial charge >= 0.3 is 0 Å². The van der Waals surface area contributed by atoms with Crippen LogP contribution in [0.5, 0.6) is 0 Å². The summed E-state index contributed by atoms with van der Waals surface area (Å²) >= 11 is 0.